The van der Waals surface area contributed by atoms with Crippen molar-refractivity contribution in [1.29, 1.82) is 0 Å². The van der Waals surface area contributed by atoms with Gasteiger partial charge in [0.05, 0.1) is 5.71 Å². The number of hydrogen-bond acceptors (Lipinski definition) is 3. The summed E-state index contributed by atoms with van der Waals surface area (Å²) < 4.78 is 0. The molecule has 0 bridgehead atoms. The number of aryl methyl sites for hydroxylation is 1. The van der Waals surface area contributed by atoms with Gasteiger partial charge < -0.3 is 11.1 Å². The van der Waals surface area contributed by atoms with E-state index in [1.807, 2.05) is 32.0 Å². The summed E-state index contributed by atoms with van der Waals surface area (Å²) in [4.78, 5) is 12.7. The summed E-state index contributed by atoms with van der Waals surface area (Å²) >= 11 is 0. The first-order valence-electron chi connectivity index (χ1n) is 7.02. The highest BCUT2D eigenvalue weighted by Gasteiger charge is 2.05. The molecule has 0 heterocycles. The number of nitrogens with zero attached hydrogens (tertiary/aromatic N) is 3. The average molecular weight is 297 g/mol. The molecule has 5 nitrogen and oxygen atoms in total. The van der Waals surface area contributed by atoms with Crippen molar-refractivity contribution >= 4 is 29.3 Å². The molecule has 0 atom stereocenters. The fourth-order valence-electron chi connectivity index (χ4n) is 1.75. The molecular formula is C17H23N5. The quantitative estimate of drug-likeness (QED) is 0.495. The molecule has 3 N–H and O–H groups in total. The van der Waals surface area contributed by atoms with Crippen LogP contribution >= 0.6 is 0 Å². The molecule has 116 valence electrons. The number of allylic oxidation sites excluding steroid dienone is 1. The average Bonchev–Trinajstić information content (AvgIpc) is 2.52. The van der Waals surface area contributed by atoms with Crippen LogP contribution in [0.15, 0.2) is 58.1 Å². The van der Waals surface area contributed by atoms with Crippen LogP contribution in [-0.2, 0) is 0 Å². The molecule has 22 heavy (non-hydrogen) atoms. The van der Waals surface area contributed by atoms with E-state index in [-0.39, 0.29) is 0 Å². The van der Waals surface area contributed by atoms with Crippen LogP contribution in [0.25, 0.3) is 0 Å². The molecule has 0 spiro atoms. The van der Waals surface area contributed by atoms with Crippen molar-refractivity contribution in [2.24, 2.45) is 15.0 Å². The number of nitrogen functional groups attached to an aromatic ring is 1. The van der Waals surface area contributed by atoms with Crippen LogP contribution < -0.4 is 11.1 Å². The van der Waals surface area contributed by atoms with E-state index in [4.69, 9.17) is 5.73 Å². The number of aliphatic imine (C=N–C) groups is 3. The Hall–Kier alpha value is -2.69. The van der Waals surface area contributed by atoms with Gasteiger partial charge in [0.2, 0.25) is 5.96 Å². The van der Waals surface area contributed by atoms with Gasteiger partial charge in [-0.05, 0) is 31.0 Å². The Balaban J connectivity index is 3.02. The van der Waals surface area contributed by atoms with Gasteiger partial charge in [-0.15, -0.1) is 0 Å². The predicted molar refractivity (Wildman–Crippen MR) is 98.1 cm³/mol. The minimum atomic E-state index is 0.499. The molecule has 0 unspecified atom stereocenters. The lowest BCUT2D eigenvalue weighted by Gasteiger charge is -2.11. The third-order valence-corrected chi connectivity index (χ3v) is 3.00. The van der Waals surface area contributed by atoms with E-state index >= 15 is 0 Å². The van der Waals surface area contributed by atoms with Crippen molar-refractivity contribution in [3.05, 3.63) is 48.7 Å². The number of nitrogens with one attached hydrogen (secondary N) is 1. The van der Waals surface area contributed by atoms with Crippen LogP contribution in [0, 0.1) is 6.92 Å². The molecule has 0 fully saturated rings. The van der Waals surface area contributed by atoms with Gasteiger partial charge in [-0.1, -0.05) is 26.1 Å². The molecular weight excluding hydrogens is 274 g/mol. The second-order valence-electron chi connectivity index (χ2n) is 4.64. The molecule has 1 aromatic rings. The Morgan fingerprint density at radius 2 is 2.14 bits per heavy atom. The minimum absolute atomic E-state index is 0.499. The largest absolute Gasteiger partial charge is 0.399 e. The molecule has 0 radical (unpaired) electrons. The molecule has 1 rings (SSSR count). The lowest BCUT2D eigenvalue weighted by Crippen LogP contribution is -2.14. The predicted octanol–water partition coefficient (Wildman–Crippen LogP) is 3.60. The van der Waals surface area contributed by atoms with Crippen molar-refractivity contribution in [1.82, 2.24) is 0 Å². The first-order valence-corrected chi connectivity index (χ1v) is 7.02. The van der Waals surface area contributed by atoms with Crippen LogP contribution in [0.1, 0.15) is 18.9 Å². The van der Waals surface area contributed by atoms with Gasteiger partial charge in [0, 0.05) is 36.4 Å². The number of benzene rings is 1. The molecule has 0 amide bonds. The SMILES string of the molecule is C=CN=CC(=C)/C(CC)=N/C(=NC)Nc1cc(N)ccc1C. The van der Waals surface area contributed by atoms with Gasteiger partial charge in [-0.25, -0.2) is 4.99 Å². The summed E-state index contributed by atoms with van der Waals surface area (Å²) in [5, 5.41) is 3.19. The minimum Gasteiger partial charge on any atom is -0.399 e. The maximum absolute atomic E-state index is 5.82. The molecule has 0 aliphatic carbocycles. The Bertz CT molecular complexity index is 638. The number of rotatable bonds is 5. The van der Waals surface area contributed by atoms with Gasteiger partial charge >= 0.3 is 0 Å². The van der Waals surface area contributed by atoms with E-state index in [0.717, 1.165) is 29.0 Å². The van der Waals surface area contributed by atoms with Crippen molar-refractivity contribution in [2.45, 2.75) is 20.3 Å². The highest BCUT2D eigenvalue weighted by atomic mass is 15.1. The van der Waals surface area contributed by atoms with Gasteiger partial charge in [0.25, 0.3) is 0 Å². The van der Waals surface area contributed by atoms with Crippen LogP contribution in [0.4, 0.5) is 11.4 Å². The summed E-state index contributed by atoms with van der Waals surface area (Å²) in [7, 11) is 1.68. The summed E-state index contributed by atoms with van der Waals surface area (Å²) in [6.45, 7) is 11.5. The zero-order valence-corrected chi connectivity index (χ0v) is 13.4. The Labute approximate surface area is 132 Å². The van der Waals surface area contributed by atoms with Crippen molar-refractivity contribution in [3.63, 3.8) is 0 Å². The third-order valence-electron chi connectivity index (χ3n) is 3.00. The number of hydrogen-bond donors (Lipinski definition) is 2. The van der Waals surface area contributed by atoms with Gasteiger partial charge in [-0.2, -0.15) is 0 Å². The standard InChI is InChI=1S/C17H23N5/c1-6-15(13(4)11-20-7-2)21-17(19-5)22-16-10-14(18)9-8-12(16)3/h7-11H,2,4,6,18H2,1,3,5H3,(H,19,22)/b20-11?,21-15+. The summed E-state index contributed by atoms with van der Waals surface area (Å²) in [6.07, 6.45) is 3.81. The third kappa shape index (κ3) is 5.01. The van der Waals surface area contributed by atoms with E-state index in [2.05, 4.69) is 33.5 Å². The number of nitrogens with two attached hydrogens (primary N) is 1. The molecule has 5 heteroatoms. The second-order valence-corrected chi connectivity index (χ2v) is 4.64. The van der Waals surface area contributed by atoms with Crippen molar-refractivity contribution in [3.8, 4) is 0 Å². The van der Waals surface area contributed by atoms with E-state index in [0.29, 0.717) is 11.6 Å². The lowest BCUT2D eigenvalue weighted by molar-refractivity contribution is 1.27. The lowest BCUT2D eigenvalue weighted by atomic mass is 10.1. The van der Waals surface area contributed by atoms with Gasteiger partial charge in [0.1, 0.15) is 0 Å². The zero-order chi connectivity index (χ0) is 16.5. The van der Waals surface area contributed by atoms with E-state index in [9.17, 15) is 0 Å². The van der Waals surface area contributed by atoms with Gasteiger partial charge in [-0.3, -0.25) is 9.98 Å². The highest BCUT2D eigenvalue weighted by Crippen LogP contribution is 2.18. The monoisotopic (exact) mass is 297 g/mol. The summed E-state index contributed by atoms with van der Waals surface area (Å²) in [6, 6.07) is 5.66. The van der Waals surface area contributed by atoms with Crippen molar-refractivity contribution < 1.29 is 0 Å². The fraction of sp³-hybridized carbons (Fsp3) is 0.235. The maximum Gasteiger partial charge on any atom is 0.222 e. The first kappa shape index (κ1) is 17.4. The van der Waals surface area contributed by atoms with Gasteiger partial charge in [0.15, 0.2) is 0 Å². The van der Waals surface area contributed by atoms with Crippen LogP contribution in [0.3, 0.4) is 0 Å². The molecule has 1 aromatic carbocycles. The fourth-order valence-corrected chi connectivity index (χ4v) is 1.75. The summed E-state index contributed by atoms with van der Waals surface area (Å²) in [5.74, 6) is 0.499. The Morgan fingerprint density at radius 1 is 1.41 bits per heavy atom. The normalized spacial score (nSPS) is 12.5. The zero-order valence-electron chi connectivity index (χ0n) is 13.4. The second kappa shape index (κ2) is 8.56. The van der Waals surface area contributed by atoms with Crippen LogP contribution in [0.5, 0.6) is 0 Å². The molecule has 0 aliphatic rings. The molecule has 0 saturated carbocycles. The Kier molecular flexibility index (Phi) is 6.76. The van der Waals surface area contributed by atoms with E-state index in [1.54, 1.807) is 13.3 Å². The van der Waals surface area contributed by atoms with E-state index < -0.39 is 0 Å². The topological polar surface area (TPSA) is 75.1 Å². The van der Waals surface area contributed by atoms with Crippen molar-refractivity contribution in [2.75, 3.05) is 18.1 Å². The first-order chi connectivity index (χ1) is 10.5. The summed E-state index contributed by atoms with van der Waals surface area (Å²) in [5.41, 5.74) is 9.99. The molecule has 0 aliphatic heterocycles. The number of guanidine groups is 1. The Morgan fingerprint density at radius 3 is 2.73 bits per heavy atom. The molecule has 0 saturated heterocycles. The smallest absolute Gasteiger partial charge is 0.222 e. The van der Waals surface area contributed by atoms with Crippen LogP contribution in [-0.4, -0.2) is 24.9 Å². The molecule has 0 aromatic heterocycles. The van der Waals surface area contributed by atoms with Crippen LogP contribution in [0.2, 0.25) is 0 Å². The number of anilines is 2. The highest BCUT2D eigenvalue weighted by molar-refractivity contribution is 6.19. The van der Waals surface area contributed by atoms with E-state index in [1.165, 1.54) is 6.20 Å². The maximum atomic E-state index is 5.82.